The zero-order chi connectivity index (χ0) is 9.97. The van der Waals surface area contributed by atoms with Gasteiger partial charge in [-0.3, -0.25) is 0 Å². The normalized spacial score (nSPS) is 9.71. The van der Waals surface area contributed by atoms with E-state index >= 15 is 0 Å². The summed E-state index contributed by atoms with van der Waals surface area (Å²) in [5.74, 6) is 0.595. The summed E-state index contributed by atoms with van der Waals surface area (Å²) in [6.45, 7) is 0. The van der Waals surface area contributed by atoms with Gasteiger partial charge in [0, 0.05) is 6.07 Å². The third-order valence-electron chi connectivity index (χ3n) is 1.52. The van der Waals surface area contributed by atoms with Gasteiger partial charge in [0.05, 0.1) is 6.26 Å². The molecule has 0 spiro atoms. The molecule has 0 fully saturated rings. The van der Waals surface area contributed by atoms with E-state index in [-0.39, 0.29) is 0 Å². The summed E-state index contributed by atoms with van der Waals surface area (Å²) < 4.78 is 9.64. The smallest absolute Gasteiger partial charge is 0.197 e. The lowest BCUT2D eigenvalue weighted by Crippen LogP contribution is -1.86. The van der Waals surface area contributed by atoms with Gasteiger partial charge >= 0.3 is 0 Å². The topological polar surface area (TPSA) is 61.9 Å². The summed E-state index contributed by atoms with van der Waals surface area (Å²) in [5, 5.41) is 12.5. The molecule has 14 heavy (non-hydrogen) atoms. The van der Waals surface area contributed by atoms with Crippen molar-refractivity contribution >= 4 is 38.3 Å². The van der Waals surface area contributed by atoms with Crippen molar-refractivity contribution in [3.05, 3.63) is 28.6 Å². The summed E-state index contributed by atoms with van der Waals surface area (Å²) in [7, 11) is 0. The van der Waals surface area contributed by atoms with Crippen LogP contribution in [0.2, 0.25) is 0 Å². The Hall–Kier alpha value is -1.32. The number of furan rings is 1. The molecular weight excluding hydrogens is 266 g/mol. The van der Waals surface area contributed by atoms with Crippen LogP contribution >= 0.6 is 27.5 Å². The van der Waals surface area contributed by atoms with Crippen molar-refractivity contribution in [3.8, 4) is 6.07 Å². The maximum atomic E-state index is 8.83. The standard InChI is InChI=1S/C8H4BrN3OS/c9-7-5(4-10)8(14-12-7)11-6-2-1-3-13-6/h1-3,11H. The average Bonchev–Trinajstić information content (AvgIpc) is 2.77. The fraction of sp³-hybridized carbons (Fsp3) is 0. The average molecular weight is 270 g/mol. The van der Waals surface area contributed by atoms with Gasteiger partial charge in [0.2, 0.25) is 0 Å². The third kappa shape index (κ3) is 1.64. The van der Waals surface area contributed by atoms with Gasteiger partial charge in [0.15, 0.2) is 5.88 Å². The molecule has 2 heterocycles. The summed E-state index contributed by atoms with van der Waals surface area (Å²) in [6.07, 6.45) is 1.56. The van der Waals surface area contributed by atoms with Crippen molar-refractivity contribution in [2.24, 2.45) is 0 Å². The highest BCUT2D eigenvalue weighted by atomic mass is 79.9. The van der Waals surface area contributed by atoms with Gasteiger partial charge in [0.25, 0.3) is 0 Å². The van der Waals surface area contributed by atoms with Crippen molar-refractivity contribution in [1.29, 1.82) is 5.26 Å². The lowest BCUT2D eigenvalue weighted by molar-refractivity contribution is 0.585. The number of nitrogens with zero attached hydrogens (tertiary/aromatic N) is 2. The largest absolute Gasteiger partial charge is 0.449 e. The van der Waals surface area contributed by atoms with E-state index < -0.39 is 0 Å². The molecule has 70 valence electrons. The van der Waals surface area contributed by atoms with Crippen molar-refractivity contribution in [2.75, 3.05) is 5.32 Å². The fourth-order valence-electron chi connectivity index (χ4n) is 0.914. The first-order valence-corrected chi connectivity index (χ1v) is 5.23. The van der Waals surface area contributed by atoms with Crippen LogP contribution in [0.4, 0.5) is 10.9 Å². The molecule has 0 aromatic carbocycles. The molecule has 0 radical (unpaired) electrons. The second-order valence-electron chi connectivity index (χ2n) is 2.39. The number of hydrogen-bond donors (Lipinski definition) is 1. The zero-order valence-corrected chi connectivity index (χ0v) is 9.22. The molecule has 0 saturated heterocycles. The lowest BCUT2D eigenvalue weighted by Gasteiger charge is -1.96. The minimum Gasteiger partial charge on any atom is -0.449 e. The molecule has 0 aliphatic carbocycles. The van der Waals surface area contributed by atoms with Crippen LogP contribution < -0.4 is 5.32 Å². The molecule has 0 aliphatic heterocycles. The van der Waals surface area contributed by atoms with Gasteiger partial charge in [-0.2, -0.15) is 9.64 Å². The van der Waals surface area contributed by atoms with Crippen LogP contribution in [0, 0.1) is 11.3 Å². The highest BCUT2D eigenvalue weighted by molar-refractivity contribution is 9.10. The Morgan fingerprint density at radius 3 is 3.14 bits per heavy atom. The van der Waals surface area contributed by atoms with E-state index in [0.717, 1.165) is 0 Å². The van der Waals surface area contributed by atoms with E-state index in [2.05, 4.69) is 31.7 Å². The van der Waals surface area contributed by atoms with Crippen LogP contribution in [0.1, 0.15) is 5.56 Å². The first kappa shape index (κ1) is 9.24. The van der Waals surface area contributed by atoms with Gasteiger partial charge in [-0.05, 0) is 33.5 Å². The molecule has 0 aliphatic rings. The Morgan fingerprint density at radius 2 is 2.50 bits per heavy atom. The van der Waals surface area contributed by atoms with Gasteiger partial charge in [-0.15, -0.1) is 0 Å². The molecule has 0 unspecified atom stereocenters. The first-order valence-electron chi connectivity index (χ1n) is 3.67. The van der Waals surface area contributed by atoms with Gasteiger partial charge < -0.3 is 9.73 Å². The van der Waals surface area contributed by atoms with Gasteiger partial charge in [-0.25, -0.2) is 0 Å². The maximum Gasteiger partial charge on any atom is 0.197 e. The molecule has 2 aromatic rings. The minimum absolute atomic E-state index is 0.492. The Balaban J connectivity index is 2.30. The number of halogens is 1. The number of aromatic nitrogens is 1. The quantitative estimate of drug-likeness (QED) is 0.910. The van der Waals surface area contributed by atoms with Crippen LogP contribution in [0.3, 0.4) is 0 Å². The SMILES string of the molecule is N#Cc1c(Br)nsc1Nc1ccco1. The van der Waals surface area contributed by atoms with Crippen molar-refractivity contribution in [3.63, 3.8) is 0 Å². The first-order chi connectivity index (χ1) is 6.81. The summed E-state index contributed by atoms with van der Waals surface area (Å²) >= 11 is 4.40. The molecule has 4 nitrogen and oxygen atoms in total. The van der Waals surface area contributed by atoms with Gasteiger partial charge in [0.1, 0.15) is 21.2 Å². The summed E-state index contributed by atoms with van der Waals surface area (Å²) in [4.78, 5) is 0. The molecule has 0 saturated carbocycles. The number of hydrogen-bond acceptors (Lipinski definition) is 5. The van der Waals surface area contributed by atoms with Crippen LogP contribution in [-0.2, 0) is 0 Å². The van der Waals surface area contributed by atoms with Crippen molar-refractivity contribution in [2.45, 2.75) is 0 Å². The monoisotopic (exact) mass is 269 g/mol. The van der Waals surface area contributed by atoms with Crippen molar-refractivity contribution < 1.29 is 4.42 Å². The third-order valence-corrected chi connectivity index (χ3v) is 3.09. The summed E-state index contributed by atoms with van der Waals surface area (Å²) in [5.41, 5.74) is 0.492. The number of nitrogens with one attached hydrogen (secondary N) is 1. The van der Waals surface area contributed by atoms with Crippen LogP contribution in [0.15, 0.2) is 27.4 Å². The van der Waals surface area contributed by atoms with Crippen molar-refractivity contribution in [1.82, 2.24) is 4.37 Å². The van der Waals surface area contributed by atoms with E-state index in [1.807, 2.05) is 0 Å². The predicted octanol–water partition coefficient (Wildman–Crippen LogP) is 3.11. The molecule has 2 rings (SSSR count). The Kier molecular flexibility index (Phi) is 2.52. The second kappa shape index (κ2) is 3.82. The molecule has 0 amide bonds. The fourth-order valence-corrected chi connectivity index (χ4v) is 2.19. The minimum atomic E-state index is 0.492. The Bertz CT molecular complexity index is 471. The number of rotatable bonds is 2. The zero-order valence-electron chi connectivity index (χ0n) is 6.82. The van der Waals surface area contributed by atoms with E-state index in [0.29, 0.717) is 21.1 Å². The Labute approximate surface area is 92.5 Å². The molecule has 0 bridgehead atoms. The van der Waals surface area contributed by atoms with Gasteiger partial charge in [-0.1, -0.05) is 0 Å². The lowest BCUT2D eigenvalue weighted by atomic mass is 10.4. The molecule has 0 atom stereocenters. The van der Waals surface area contributed by atoms with Crippen LogP contribution in [0.5, 0.6) is 0 Å². The predicted molar refractivity (Wildman–Crippen MR) is 56.5 cm³/mol. The van der Waals surface area contributed by atoms with Crippen LogP contribution in [-0.4, -0.2) is 4.37 Å². The summed E-state index contributed by atoms with van der Waals surface area (Å²) in [6, 6.07) is 5.59. The molecular formula is C8H4BrN3OS. The molecule has 2 aromatic heterocycles. The molecule has 1 N–H and O–H groups in total. The number of anilines is 2. The van der Waals surface area contributed by atoms with E-state index in [4.69, 9.17) is 9.68 Å². The highest BCUT2D eigenvalue weighted by Gasteiger charge is 2.11. The highest BCUT2D eigenvalue weighted by Crippen LogP contribution is 2.30. The molecule has 6 heteroatoms. The van der Waals surface area contributed by atoms with E-state index in [9.17, 15) is 0 Å². The maximum absolute atomic E-state index is 8.83. The number of nitriles is 1. The van der Waals surface area contributed by atoms with Crippen LogP contribution in [0.25, 0.3) is 0 Å². The Morgan fingerprint density at radius 1 is 1.64 bits per heavy atom. The van der Waals surface area contributed by atoms with E-state index in [1.165, 1.54) is 11.5 Å². The van der Waals surface area contributed by atoms with E-state index in [1.54, 1.807) is 18.4 Å². The second-order valence-corrected chi connectivity index (χ2v) is 3.92.